The summed E-state index contributed by atoms with van der Waals surface area (Å²) in [7, 11) is 3.74. The van der Waals surface area contributed by atoms with Crippen molar-refractivity contribution >= 4 is 17.4 Å². The molecule has 0 spiro atoms. The Kier molecular flexibility index (Phi) is 5.57. The largest absolute Gasteiger partial charge is 0.366 e. The van der Waals surface area contributed by atoms with Crippen LogP contribution in [0.4, 0.5) is 11.5 Å². The highest BCUT2D eigenvalue weighted by Gasteiger charge is 2.27. The molecule has 0 aliphatic carbocycles. The van der Waals surface area contributed by atoms with Crippen LogP contribution in [0.3, 0.4) is 0 Å². The van der Waals surface area contributed by atoms with Crippen LogP contribution in [0.1, 0.15) is 5.56 Å². The van der Waals surface area contributed by atoms with Crippen LogP contribution < -0.4 is 10.2 Å². The molecule has 1 aromatic carbocycles. The summed E-state index contributed by atoms with van der Waals surface area (Å²) in [5.41, 5.74) is 1.82. The quantitative estimate of drug-likeness (QED) is 0.886. The second kappa shape index (κ2) is 8.04. The second-order valence-electron chi connectivity index (χ2n) is 6.22. The maximum Gasteiger partial charge on any atom is 0.254 e. The Morgan fingerprint density at radius 1 is 1.36 bits per heavy atom. The molecular formula is C18H23N5O2. The highest BCUT2D eigenvalue weighted by Crippen LogP contribution is 2.20. The summed E-state index contributed by atoms with van der Waals surface area (Å²) in [5, 5.41) is 2.89. The molecule has 1 N–H and O–H groups in total. The number of ether oxygens (including phenoxy) is 1. The Morgan fingerprint density at radius 2 is 2.16 bits per heavy atom. The first-order valence-corrected chi connectivity index (χ1v) is 8.29. The molecular weight excluding hydrogens is 318 g/mol. The summed E-state index contributed by atoms with van der Waals surface area (Å²) in [5.74, 6) is 0.496. The van der Waals surface area contributed by atoms with Crippen LogP contribution in [0.15, 0.2) is 42.9 Å². The first kappa shape index (κ1) is 17.3. The van der Waals surface area contributed by atoms with E-state index >= 15 is 0 Å². The van der Waals surface area contributed by atoms with Crippen LogP contribution in [0, 0.1) is 0 Å². The number of nitrogens with zero attached hydrogens (tertiary/aromatic N) is 4. The van der Waals surface area contributed by atoms with Crippen molar-refractivity contribution in [2.24, 2.45) is 0 Å². The Hall–Kier alpha value is -2.51. The standard InChI is InChI=1S/C18H23N5O2/c1-22(2)17-15(10-19-13-20-17)21-18(24)16-12-23(8-9-25-16)11-14-6-4-3-5-7-14/h3-7,10,13,16H,8-9,11-12H2,1-2H3,(H,21,24)/t16-/m0/s1. The Balaban J connectivity index is 1.62. The molecule has 1 amide bonds. The highest BCUT2D eigenvalue weighted by atomic mass is 16.5. The number of nitrogens with one attached hydrogen (secondary N) is 1. The normalized spacial score (nSPS) is 17.9. The van der Waals surface area contributed by atoms with Gasteiger partial charge in [0, 0.05) is 33.7 Å². The van der Waals surface area contributed by atoms with E-state index in [1.165, 1.54) is 11.9 Å². The van der Waals surface area contributed by atoms with Gasteiger partial charge in [-0.1, -0.05) is 30.3 Å². The number of amides is 1. The molecule has 2 aromatic rings. The van der Waals surface area contributed by atoms with Gasteiger partial charge in [0.15, 0.2) is 5.82 Å². The van der Waals surface area contributed by atoms with Gasteiger partial charge in [0.25, 0.3) is 5.91 Å². The van der Waals surface area contributed by atoms with E-state index < -0.39 is 6.10 Å². The van der Waals surface area contributed by atoms with Crippen molar-refractivity contribution < 1.29 is 9.53 Å². The number of anilines is 2. The first-order chi connectivity index (χ1) is 12.1. The molecule has 1 fully saturated rings. The third-order valence-electron chi connectivity index (χ3n) is 4.06. The maximum absolute atomic E-state index is 12.6. The average Bonchev–Trinajstić information content (AvgIpc) is 2.63. The number of benzene rings is 1. The number of hydrogen-bond acceptors (Lipinski definition) is 6. The minimum Gasteiger partial charge on any atom is -0.366 e. The van der Waals surface area contributed by atoms with Gasteiger partial charge in [0.05, 0.1) is 12.8 Å². The number of morpholine rings is 1. The lowest BCUT2D eigenvalue weighted by Crippen LogP contribution is -2.47. The summed E-state index contributed by atoms with van der Waals surface area (Å²) in [4.78, 5) is 24.9. The number of carbonyl (C=O) groups is 1. The van der Waals surface area contributed by atoms with Gasteiger partial charge >= 0.3 is 0 Å². The van der Waals surface area contributed by atoms with Crippen LogP contribution in [-0.2, 0) is 16.1 Å². The Morgan fingerprint density at radius 3 is 2.92 bits per heavy atom. The van der Waals surface area contributed by atoms with Gasteiger partial charge in [-0.15, -0.1) is 0 Å². The molecule has 0 saturated carbocycles. The van der Waals surface area contributed by atoms with Gasteiger partial charge in [-0.25, -0.2) is 9.97 Å². The van der Waals surface area contributed by atoms with Crippen LogP contribution in [0.5, 0.6) is 0 Å². The second-order valence-corrected chi connectivity index (χ2v) is 6.22. The van der Waals surface area contributed by atoms with Crippen LogP contribution in [0.2, 0.25) is 0 Å². The number of rotatable bonds is 5. The average molecular weight is 341 g/mol. The Labute approximate surface area is 147 Å². The van der Waals surface area contributed by atoms with E-state index in [1.54, 1.807) is 6.20 Å². The molecule has 25 heavy (non-hydrogen) atoms. The molecule has 7 nitrogen and oxygen atoms in total. The number of aromatic nitrogens is 2. The summed E-state index contributed by atoms with van der Waals surface area (Å²) in [6, 6.07) is 10.2. The molecule has 0 bridgehead atoms. The van der Waals surface area contributed by atoms with Crippen LogP contribution >= 0.6 is 0 Å². The van der Waals surface area contributed by atoms with Crippen molar-refractivity contribution in [3.63, 3.8) is 0 Å². The molecule has 2 heterocycles. The lowest BCUT2D eigenvalue weighted by Gasteiger charge is -2.32. The van der Waals surface area contributed by atoms with Gasteiger partial charge in [0.2, 0.25) is 0 Å². The molecule has 0 unspecified atom stereocenters. The first-order valence-electron chi connectivity index (χ1n) is 8.29. The smallest absolute Gasteiger partial charge is 0.254 e. The van der Waals surface area contributed by atoms with Gasteiger partial charge in [-0.3, -0.25) is 9.69 Å². The van der Waals surface area contributed by atoms with E-state index in [0.717, 1.165) is 13.1 Å². The van der Waals surface area contributed by atoms with E-state index in [-0.39, 0.29) is 5.91 Å². The monoisotopic (exact) mass is 341 g/mol. The zero-order valence-electron chi connectivity index (χ0n) is 14.6. The molecule has 0 radical (unpaired) electrons. The lowest BCUT2D eigenvalue weighted by atomic mass is 10.2. The summed E-state index contributed by atoms with van der Waals surface area (Å²) in [6.07, 6.45) is 2.56. The molecule has 1 aliphatic rings. The van der Waals surface area contributed by atoms with Gasteiger partial charge in [-0.05, 0) is 5.56 Å². The summed E-state index contributed by atoms with van der Waals surface area (Å²) in [6.45, 7) is 2.73. The number of hydrogen-bond donors (Lipinski definition) is 1. The fourth-order valence-electron chi connectivity index (χ4n) is 2.83. The van der Waals surface area contributed by atoms with Gasteiger partial charge in [0.1, 0.15) is 18.1 Å². The van der Waals surface area contributed by atoms with E-state index in [9.17, 15) is 4.79 Å². The molecule has 7 heteroatoms. The highest BCUT2D eigenvalue weighted by molar-refractivity contribution is 5.96. The molecule has 3 rings (SSSR count). The Bertz CT molecular complexity index is 708. The summed E-state index contributed by atoms with van der Waals surface area (Å²) >= 11 is 0. The minimum atomic E-state index is -0.507. The predicted octanol–water partition coefficient (Wildman–Crippen LogP) is 1.38. The third-order valence-corrected chi connectivity index (χ3v) is 4.06. The molecule has 132 valence electrons. The fraction of sp³-hybridized carbons (Fsp3) is 0.389. The van der Waals surface area contributed by atoms with Crippen molar-refractivity contribution in [3.05, 3.63) is 48.4 Å². The molecule has 1 aromatic heterocycles. The van der Waals surface area contributed by atoms with Crippen molar-refractivity contribution in [2.75, 3.05) is 44.0 Å². The van der Waals surface area contributed by atoms with Crippen molar-refractivity contribution in [1.82, 2.24) is 14.9 Å². The van der Waals surface area contributed by atoms with E-state index in [0.29, 0.717) is 24.7 Å². The van der Waals surface area contributed by atoms with E-state index in [2.05, 4.69) is 32.3 Å². The van der Waals surface area contributed by atoms with Crippen LogP contribution in [0.25, 0.3) is 0 Å². The van der Waals surface area contributed by atoms with Crippen molar-refractivity contribution in [3.8, 4) is 0 Å². The fourth-order valence-corrected chi connectivity index (χ4v) is 2.83. The molecule has 1 aliphatic heterocycles. The topological polar surface area (TPSA) is 70.6 Å². The van der Waals surface area contributed by atoms with E-state index in [4.69, 9.17) is 4.74 Å². The van der Waals surface area contributed by atoms with E-state index in [1.807, 2.05) is 37.2 Å². The van der Waals surface area contributed by atoms with Gasteiger partial charge < -0.3 is 15.0 Å². The zero-order chi connectivity index (χ0) is 17.6. The van der Waals surface area contributed by atoms with Crippen molar-refractivity contribution in [1.29, 1.82) is 0 Å². The molecule has 1 atom stereocenters. The SMILES string of the molecule is CN(C)c1ncncc1NC(=O)[C@@H]1CN(Cc2ccccc2)CCO1. The number of carbonyl (C=O) groups excluding carboxylic acids is 1. The third kappa shape index (κ3) is 4.52. The maximum atomic E-state index is 12.6. The lowest BCUT2D eigenvalue weighted by molar-refractivity contribution is -0.133. The van der Waals surface area contributed by atoms with Crippen molar-refractivity contribution in [2.45, 2.75) is 12.6 Å². The van der Waals surface area contributed by atoms with Gasteiger partial charge in [-0.2, -0.15) is 0 Å². The zero-order valence-corrected chi connectivity index (χ0v) is 14.6. The predicted molar refractivity (Wildman–Crippen MR) is 96.4 cm³/mol. The minimum absolute atomic E-state index is 0.171. The summed E-state index contributed by atoms with van der Waals surface area (Å²) < 4.78 is 5.67. The molecule has 1 saturated heterocycles. The van der Waals surface area contributed by atoms with Crippen LogP contribution in [-0.4, -0.2) is 60.7 Å².